The molecule has 48 valence electrons. The Labute approximate surface area is 54.6 Å². The van der Waals surface area contributed by atoms with Crippen molar-refractivity contribution in [2.75, 3.05) is 6.61 Å². The molecule has 1 saturated heterocycles. The summed E-state index contributed by atoms with van der Waals surface area (Å²) >= 11 is 0. The third kappa shape index (κ3) is 1.19. The number of rotatable bonds is 1. The smallest absolute Gasteiger partial charge is 0.133 e. The molecule has 0 N–H and O–H groups in total. The first kappa shape index (κ1) is 6.08. The SMILES string of the molecule is C=CN=C1CCOC1=C. The molecular formula is C7H9NO. The van der Waals surface area contributed by atoms with Gasteiger partial charge in [-0.1, -0.05) is 13.2 Å². The minimum atomic E-state index is 0.690. The van der Waals surface area contributed by atoms with Crippen molar-refractivity contribution < 1.29 is 4.74 Å². The fourth-order valence-corrected chi connectivity index (χ4v) is 0.740. The van der Waals surface area contributed by atoms with E-state index in [1.807, 2.05) is 0 Å². The third-order valence-corrected chi connectivity index (χ3v) is 1.18. The molecule has 0 radical (unpaired) electrons. The van der Waals surface area contributed by atoms with Crippen LogP contribution in [-0.4, -0.2) is 12.3 Å². The van der Waals surface area contributed by atoms with Crippen LogP contribution in [0, 0.1) is 0 Å². The van der Waals surface area contributed by atoms with Crippen molar-refractivity contribution in [2.24, 2.45) is 4.99 Å². The molecule has 2 nitrogen and oxygen atoms in total. The summed E-state index contributed by atoms with van der Waals surface area (Å²) in [4.78, 5) is 3.96. The minimum Gasteiger partial charge on any atom is -0.492 e. The third-order valence-electron chi connectivity index (χ3n) is 1.18. The molecule has 1 rings (SSSR count). The van der Waals surface area contributed by atoms with Crippen LogP contribution >= 0.6 is 0 Å². The second kappa shape index (κ2) is 2.49. The van der Waals surface area contributed by atoms with Crippen molar-refractivity contribution in [3.05, 3.63) is 25.1 Å². The lowest BCUT2D eigenvalue weighted by Crippen LogP contribution is -1.90. The highest BCUT2D eigenvalue weighted by Gasteiger charge is 2.12. The summed E-state index contributed by atoms with van der Waals surface area (Å²) in [6.45, 7) is 7.84. The van der Waals surface area contributed by atoms with Gasteiger partial charge in [-0.15, -0.1) is 0 Å². The highest BCUT2D eigenvalue weighted by molar-refractivity contribution is 5.99. The van der Waals surface area contributed by atoms with Gasteiger partial charge < -0.3 is 4.74 Å². The Balaban J connectivity index is 2.69. The fourth-order valence-electron chi connectivity index (χ4n) is 0.740. The molecule has 0 unspecified atom stereocenters. The van der Waals surface area contributed by atoms with Crippen LogP contribution < -0.4 is 0 Å². The summed E-state index contributed by atoms with van der Waals surface area (Å²) in [5.41, 5.74) is 0.921. The van der Waals surface area contributed by atoms with Crippen LogP contribution in [-0.2, 0) is 4.74 Å². The van der Waals surface area contributed by atoms with E-state index in [0.717, 1.165) is 12.1 Å². The lowest BCUT2D eigenvalue weighted by atomic mass is 10.3. The van der Waals surface area contributed by atoms with Crippen molar-refractivity contribution in [1.82, 2.24) is 0 Å². The fraction of sp³-hybridized carbons (Fsp3) is 0.286. The summed E-state index contributed by atoms with van der Waals surface area (Å²) < 4.78 is 5.04. The van der Waals surface area contributed by atoms with Crippen molar-refractivity contribution in [2.45, 2.75) is 6.42 Å². The quantitative estimate of drug-likeness (QED) is 0.517. The second-order valence-corrected chi connectivity index (χ2v) is 1.78. The summed E-state index contributed by atoms with van der Waals surface area (Å²) in [5, 5.41) is 0. The maximum atomic E-state index is 5.04. The van der Waals surface area contributed by atoms with Crippen LogP contribution in [0.15, 0.2) is 30.1 Å². The Bertz CT molecular complexity index is 170. The van der Waals surface area contributed by atoms with Gasteiger partial charge in [0.25, 0.3) is 0 Å². The molecule has 0 aromatic heterocycles. The van der Waals surface area contributed by atoms with Gasteiger partial charge in [-0.05, 0) is 0 Å². The van der Waals surface area contributed by atoms with Gasteiger partial charge in [0.15, 0.2) is 0 Å². The molecule has 0 spiro atoms. The molecule has 9 heavy (non-hydrogen) atoms. The normalized spacial score (nSPS) is 22.2. The molecule has 0 atom stereocenters. The maximum absolute atomic E-state index is 5.04. The van der Waals surface area contributed by atoms with Crippen molar-refractivity contribution in [1.29, 1.82) is 0 Å². The summed E-state index contributed by atoms with van der Waals surface area (Å²) in [6, 6.07) is 0. The maximum Gasteiger partial charge on any atom is 0.133 e. The lowest BCUT2D eigenvalue weighted by Gasteiger charge is -1.91. The van der Waals surface area contributed by atoms with Gasteiger partial charge in [0.2, 0.25) is 0 Å². The average Bonchev–Trinajstić information content (AvgIpc) is 2.18. The van der Waals surface area contributed by atoms with E-state index in [1.54, 1.807) is 0 Å². The minimum absolute atomic E-state index is 0.690. The van der Waals surface area contributed by atoms with E-state index in [2.05, 4.69) is 18.2 Å². The van der Waals surface area contributed by atoms with Gasteiger partial charge in [0, 0.05) is 12.6 Å². The van der Waals surface area contributed by atoms with E-state index < -0.39 is 0 Å². The topological polar surface area (TPSA) is 21.6 Å². The van der Waals surface area contributed by atoms with Crippen molar-refractivity contribution in [3.8, 4) is 0 Å². The molecule has 0 aliphatic carbocycles. The van der Waals surface area contributed by atoms with Crippen LogP contribution in [0.1, 0.15) is 6.42 Å². The van der Waals surface area contributed by atoms with Crippen molar-refractivity contribution in [3.63, 3.8) is 0 Å². The van der Waals surface area contributed by atoms with E-state index in [9.17, 15) is 0 Å². The first-order valence-electron chi connectivity index (χ1n) is 2.84. The predicted molar refractivity (Wildman–Crippen MR) is 37.3 cm³/mol. The van der Waals surface area contributed by atoms with Crippen LogP contribution in [0.4, 0.5) is 0 Å². The van der Waals surface area contributed by atoms with Gasteiger partial charge in [-0.25, -0.2) is 0 Å². The number of ether oxygens (including phenoxy) is 1. The van der Waals surface area contributed by atoms with Gasteiger partial charge in [0.05, 0.1) is 12.3 Å². The van der Waals surface area contributed by atoms with Gasteiger partial charge >= 0.3 is 0 Å². The molecule has 0 aromatic rings. The van der Waals surface area contributed by atoms with E-state index >= 15 is 0 Å². The Hall–Kier alpha value is -1.05. The number of hydrogen-bond donors (Lipinski definition) is 0. The summed E-state index contributed by atoms with van der Waals surface area (Å²) in [7, 11) is 0. The van der Waals surface area contributed by atoms with Crippen molar-refractivity contribution >= 4 is 5.71 Å². The van der Waals surface area contributed by atoms with Gasteiger partial charge in [-0.3, -0.25) is 4.99 Å². The first-order chi connectivity index (χ1) is 4.34. The Kier molecular flexibility index (Phi) is 1.68. The lowest BCUT2D eigenvalue weighted by molar-refractivity contribution is 0.268. The predicted octanol–water partition coefficient (Wildman–Crippen LogP) is 1.50. The molecule has 1 fully saturated rings. The van der Waals surface area contributed by atoms with E-state index in [-0.39, 0.29) is 0 Å². The molecule has 0 saturated carbocycles. The van der Waals surface area contributed by atoms with E-state index in [4.69, 9.17) is 4.74 Å². The zero-order valence-electron chi connectivity index (χ0n) is 5.26. The van der Waals surface area contributed by atoms with E-state index in [0.29, 0.717) is 12.4 Å². The molecule has 0 amide bonds. The van der Waals surface area contributed by atoms with Gasteiger partial charge in [0.1, 0.15) is 5.76 Å². The molecule has 1 heterocycles. The van der Waals surface area contributed by atoms with Crippen LogP contribution in [0.5, 0.6) is 0 Å². The number of allylic oxidation sites excluding steroid dienone is 1. The molecular weight excluding hydrogens is 114 g/mol. The van der Waals surface area contributed by atoms with Crippen LogP contribution in [0.3, 0.4) is 0 Å². The second-order valence-electron chi connectivity index (χ2n) is 1.78. The summed E-state index contributed by atoms with van der Waals surface area (Å²) in [6.07, 6.45) is 2.38. The van der Waals surface area contributed by atoms with E-state index in [1.165, 1.54) is 6.20 Å². The Morgan fingerprint density at radius 2 is 2.44 bits per heavy atom. The number of nitrogens with zero attached hydrogens (tertiary/aromatic N) is 1. The molecule has 1 aliphatic rings. The zero-order valence-corrected chi connectivity index (χ0v) is 5.26. The highest BCUT2D eigenvalue weighted by Crippen LogP contribution is 2.11. The van der Waals surface area contributed by atoms with Crippen LogP contribution in [0.25, 0.3) is 0 Å². The molecule has 0 aromatic carbocycles. The highest BCUT2D eigenvalue weighted by atomic mass is 16.5. The largest absolute Gasteiger partial charge is 0.492 e. The number of aliphatic imine (C=N–C) groups is 1. The summed E-state index contributed by atoms with van der Waals surface area (Å²) in [5.74, 6) is 0.690. The zero-order chi connectivity index (χ0) is 6.69. The van der Waals surface area contributed by atoms with Gasteiger partial charge in [-0.2, -0.15) is 0 Å². The molecule has 1 aliphatic heterocycles. The average molecular weight is 123 g/mol. The monoisotopic (exact) mass is 123 g/mol. The first-order valence-corrected chi connectivity index (χ1v) is 2.84. The Morgan fingerprint density at radius 1 is 1.67 bits per heavy atom. The molecule has 2 heteroatoms. The Morgan fingerprint density at radius 3 is 2.89 bits per heavy atom. The number of hydrogen-bond acceptors (Lipinski definition) is 2. The molecule has 0 bridgehead atoms. The standard InChI is InChI=1S/C7H9NO/c1-3-8-7-4-5-9-6(7)2/h3H,1-2,4-5H2. The van der Waals surface area contributed by atoms with Crippen LogP contribution in [0.2, 0.25) is 0 Å².